The first-order chi connectivity index (χ1) is 9.61. The van der Waals surface area contributed by atoms with Gasteiger partial charge in [0.25, 0.3) is 5.56 Å². The van der Waals surface area contributed by atoms with Crippen molar-refractivity contribution in [2.45, 2.75) is 0 Å². The third-order valence-electron chi connectivity index (χ3n) is 3.06. The highest BCUT2D eigenvalue weighted by molar-refractivity contribution is 5.78. The van der Waals surface area contributed by atoms with Crippen LogP contribution in [0.25, 0.3) is 16.6 Å². The van der Waals surface area contributed by atoms with E-state index in [-0.39, 0.29) is 22.3 Å². The van der Waals surface area contributed by atoms with E-state index >= 15 is 0 Å². The quantitative estimate of drug-likeness (QED) is 0.648. The van der Waals surface area contributed by atoms with Crippen LogP contribution in [0, 0.1) is 0 Å². The Morgan fingerprint density at radius 1 is 0.900 bits per heavy atom. The fourth-order valence-electron chi connectivity index (χ4n) is 2.11. The van der Waals surface area contributed by atoms with E-state index in [2.05, 4.69) is 0 Å². The van der Waals surface area contributed by atoms with Crippen LogP contribution in [-0.4, -0.2) is 19.6 Å². The van der Waals surface area contributed by atoms with E-state index in [1.807, 2.05) is 0 Å². The standard InChI is InChI=1S/C14H10N2O4/c17-12-8-4-3-7-11(12)15-13(18)9-5-1-2-6-10(9)16(20)14(15)19/h1-8,17,20H. The molecule has 0 unspecified atom stereocenters. The second-order valence-electron chi connectivity index (χ2n) is 4.24. The van der Waals surface area contributed by atoms with Gasteiger partial charge in [0.1, 0.15) is 5.75 Å². The van der Waals surface area contributed by atoms with Crippen molar-refractivity contribution in [1.82, 2.24) is 9.30 Å². The van der Waals surface area contributed by atoms with E-state index in [1.165, 1.54) is 24.3 Å². The summed E-state index contributed by atoms with van der Waals surface area (Å²) in [5.41, 5.74) is -1.39. The maximum Gasteiger partial charge on any atom is 0.369 e. The number of phenols is 1. The third kappa shape index (κ3) is 1.58. The van der Waals surface area contributed by atoms with Gasteiger partial charge in [-0.15, -0.1) is 4.73 Å². The molecule has 20 heavy (non-hydrogen) atoms. The molecule has 0 bridgehead atoms. The average Bonchev–Trinajstić information content (AvgIpc) is 2.47. The highest BCUT2D eigenvalue weighted by atomic mass is 16.5. The zero-order chi connectivity index (χ0) is 14.3. The first-order valence-corrected chi connectivity index (χ1v) is 5.85. The Bertz CT molecular complexity index is 924. The predicted molar refractivity (Wildman–Crippen MR) is 72.7 cm³/mol. The topological polar surface area (TPSA) is 84.5 Å². The molecular formula is C14H10N2O4. The highest BCUT2D eigenvalue weighted by Crippen LogP contribution is 2.18. The molecule has 6 heteroatoms. The van der Waals surface area contributed by atoms with Crippen molar-refractivity contribution in [3.05, 3.63) is 69.4 Å². The first-order valence-electron chi connectivity index (χ1n) is 5.85. The number of aromatic hydroxyl groups is 1. The number of hydrogen-bond acceptors (Lipinski definition) is 4. The number of fused-ring (bicyclic) bond motifs is 1. The largest absolute Gasteiger partial charge is 0.506 e. The lowest BCUT2D eigenvalue weighted by atomic mass is 10.2. The minimum Gasteiger partial charge on any atom is -0.506 e. The van der Waals surface area contributed by atoms with Gasteiger partial charge in [-0.2, -0.15) is 0 Å². The molecule has 0 radical (unpaired) electrons. The molecule has 0 spiro atoms. The van der Waals surface area contributed by atoms with Crippen LogP contribution in [0.5, 0.6) is 5.75 Å². The normalized spacial score (nSPS) is 10.8. The van der Waals surface area contributed by atoms with Crippen LogP contribution >= 0.6 is 0 Å². The molecule has 0 aliphatic heterocycles. The van der Waals surface area contributed by atoms with Gasteiger partial charge in [0.2, 0.25) is 0 Å². The van der Waals surface area contributed by atoms with Crippen molar-refractivity contribution < 1.29 is 10.3 Å². The van der Waals surface area contributed by atoms with Crippen molar-refractivity contribution in [3.8, 4) is 11.4 Å². The fourth-order valence-corrected chi connectivity index (χ4v) is 2.11. The molecule has 6 nitrogen and oxygen atoms in total. The van der Waals surface area contributed by atoms with E-state index in [4.69, 9.17) is 0 Å². The van der Waals surface area contributed by atoms with Crippen molar-refractivity contribution in [2.24, 2.45) is 0 Å². The SMILES string of the molecule is O=c1c2ccccc2n(O)c(=O)n1-c1ccccc1O. The number of phenolic OH excluding ortho intramolecular Hbond substituents is 1. The van der Waals surface area contributed by atoms with Gasteiger partial charge >= 0.3 is 5.69 Å². The summed E-state index contributed by atoms with van der Waals surface area (Å²) in [4.78, 5) is 24.5. The van der Waals surface area contributed by atoms with Gasteiger partial charge in [0, 0.05) is 0 Å². The maximum atomic E-state index is 12.4. The maximum absolute atomic E-state index is 12.4. The molecular weight excluding hydrogens is 260 g/mol. The van der Waals surface area contributed by atoms with Crippen LogP contribution in [0.2, 0.25) is 0 Å². The summed E-state index contributed by atoms with van der Waals surface area (Å²) in [6.07, 6.45) is 0. The van der Waals surface area contributed by atoms with E-state index in [1.54, 1.807) is 24.3 Å². The van der Waals surface area contributed by atoms with E-state index < -0.39 is 11.2 Å². The molecule has 0 saturated carbocycles. The molecule has 1 aromatic heterocycles. The Balaban J connectivity index is 2.53. The van der Waals surface area contributed by atoms with Crippen LogP contribution in [0.15, 0.2) is 58.1 Å². The van der Waals surface area contributed by atoms with Crippen LogP contribution in [-0.2, 0) is 0 Å². The van der Waals surface area contributed by atoms with Gasteiger partial charge in [-0.25, -0.2) is 9.36 Å². The van der Waals surface area contributed by atoms with Crippen molar-refractivity contribution >= 4 is 10.9 Å². The van der Waals surface area contributed by atoms with Crippen LogP contribution in [0.1, 0.15) is 0 Å². The number of hydrogen-bond donors (Lipinski definition) is 2. The molecule has 1 heterocycles. The second-order valence-corrected chi connectivity index (χ2v) is 4.24. The lowest BCUT2D eigenvalue weighted by Crippen LogP contribution is -2.38. The van der Waals surface area contributed by atoms with Crippen LogP contribution in [0.4, 0.5) is 0 Å². The summed E-state index contributed by atoms with van der Waals surface area (Å²) in [6.45, 7) is 0. The van der Waals surface area contributed by atoms with Gasteiger partial charge in [0.05, 0.1) is 16.6 Å². The summed E-state index contributed by atoms with van der Waals surface area (Å²) in [6, 6.07) is 12.1. The molecule has 3 rings (SSSR count). The number of para-hydroxylation sites is 3. The molecule has 0 atom stereocenters. The zero-order valence-electron chi connectivity index (χ0n) is 10.2. The minimum absolute atomic E-state index is 0.0241. The summed E-state index contributed by atoms with van der Waals surface area (Å²) in [5.74, 6) is -0.220. The molecule has 0 fully saturated rings. The summed E-state index contributed by atoms with van der Waals surface area (Å²) in [5, 5.41) is 19.8. The molecule has 0 aliphatic carbocycles. The van der Waals surface area contributed by atoms with E-state index in [0.717, 1.165) is 4.57 Å². The van der Waals surface area contributed by atoms with Gasteiger partial charge in [0.15, 0.2) is 0 Å². The van der Waals surface area contributed by atoms with Crippen LogP contribution < -0.4 is 11.2 Å². The van der Waals surface area contributed by atoms with Gasteiger partial charge in [-0.05, 0) is 24.3 Å². The molecule has 100 valence electrons. The fraction of sp³-hybridized carbons (Fsp3) is 0. The number of nitrogens with zero attached hydrogens (tertiary/aromatic N) is 2. The monoisotopic (exact) mass is 270 g/mol. The van der Waals surface area contributed by atoms with Crippen molar-refractivity contribution in [1.29, 1.82) is 0 Å². The summed E-state index contributed by atoms with van der Waals surface area (Å²) < 4.78 is 1.13. The Morgan fingerprint density at radius 3 is 2.30 bits per heavy atom. The summed E-state index contributed by atoms with van der Waals surface area (Å²) >= 11 is 0. The molecule has 2 aromatic carbocycles. The van der Waals surface area contributed by atoms with E-state index in [0.29, 0.717) is 4.73 Å². The number of rotatable bonds is 1. The number of benzene rings is 2. The van der Waals surface area contributed by atoms with E-state index in [9.17, 15) is 19.9 Å². The Kier molecular flexibility index (Phi) is 2.57. The van der Waals surface area contributed by atoms with Crippen molar-refractivity contribution in [2.75, 3.05) is 0 Å². The third-order valence-corrected chi connectivity index (χ3v) is 3.06. The Morgan fingerprint density at radius 2 is 1.55 bits per heavy atom. The lowest BCUT2D eigenvalue weighted by Gasteiger charge is -2.10. The molecule has 3 aromatic rings. The zero-order valence-corrected chi connectivity index (χ0v) is 10.2. The Hall–Kier alpha value is -3.02. The minimum atomic E-state index is -0.935. The molecule has 2 N–H and O–H groups in total. The number of aromatic nitrogens is 2. The second kappa shape index (κ2) is 4.27. The molecule has 0 amide bonds. The van der Waals surface area contributed by atoms with Gasteiger partial charge in [-0.1, -0.05) is 24.3 Å². The van der Waals surface area contributed by atoms with Crippen molar-refractivity contribution in [3.63, 3.8) is 0 Å². The molecule has 0 saturated heterocycles. The predicted octanol–water partition coefficient (Wildman–Crippen LogP) is 1.10. The molecule has 0 aliphatic rings. The smallest absolute Gasteiger partial charge is 0.369 e. The first kappa shape index (κ1) is 12.0. The summed E-state index contributed by atoms with van der Waals surface area (Å²) in [7, 11) is 0. The lowest BCUT2D eigenvalue weighted by molar-refractivity contribution is 0.180. The highest BCUT2D eigenvalue weighted by Gasteiger charge is 2.15. The average molecular weight is 270 g/mol. The van der Waals surface area contributed by atoms with Gasteiger partial charge < -0.3 is 10.3 Å². The Labute approximate surface area is 112 Å². The van der Waals surface area contributed by atoms with Crippen LogP contribution in [0.3, 0.4) is 0 Å². The van der Waals surface area contributed by atoms with Gasteiger partial charge in [-0.3, -0.25) is 4.79 Å².